The van der Waals surface area contributed by atoms with E-state index in [2.05, 4.69) is 54.6 Å². The lowest BCUT2D eigenvalue weighted by molar-refractivity contribution is -0.330. The standard InChI is InChI=1S/C31H28O3/c1-2-11-23(12-3-1)26-17-7-9-19-29(26)33-31(22-21-25-14-5-8-18-28(25)32-31)34-30-20-10-15-24-13-4-6-16-27(24)30/h1-9,11-14,16-19,30H,10,15,20-22H2. The van der Waals surface area contributed by atoms with Crippen LogP contribution in [0.5, 0.6) is 11.5 Å². The van der Waals surface area contributed by atoms with E-state index in [0.717, 1.165) is 48.3 Å². The van der Waals surface area contributed by atoms with Crippen LogP contribution in [0.25, 0.3) is 11.1 Å². The fraction of sp³-hybridized carbons (Fsp3) is 0.226. The third-order valence-corrected chi connectivity index (χ3v) is 6.81. The van der Waals surface area contributed by atoms with Gasteiger partial charge in [0.05, 0.1) is 12.5 Å². The van der Waals surface area contributed by atoms with Crippen molar-refractivity contribution >= 4 is 0 Å². The highest BCUT2D eigenvalue weighted by Gasteiger charge is 2.44. The van der Waals surface area contributed by atoms with Gasteiger partial charge in [-0.25, -0.2) is 0 Å². The van der Waals surface area contributed by atoms with Gasteiger partial charge in [-0.2, -0.15) is 0 Å². The third-order valence-electron chi connectivity index (χ3n) is 6.81. The zero-order chi connectivity index (χ0) is 22.8. The summed E-state index contributed by atoms with van der Waals surface area (Å²) >= 11 is 0. The Bertz CT molecular complexity index is 1280. The number of benzene rings is 4. The molecular weight excluding hydrogens is 420 g/mol. The summed E-state index contributed by atoms with van der Waals surface area (Å²) in [6, 6.07) is 35.2. The Balaban J connectivity index is 1.39. The fourth-order valence-electron chi connectivity index (χ4n) is 5.12. The second kappa shape index (κ2) is 9.00. The van der Waals surface area contributed by atoms with Crippen molar-refractivity contribution in [1.82, 2.24) is 0 Å². The van der Waals surface area contributed by atoms with E-state index >= 15 is 0 Å². The highest BCUT2D eigenvalue weighted by molar-refractivity contribution is 5.70. The van der Waals surface area contributed by atoms with E-state index in [-0.39, 0.29) is 6.10 Å². The second-order valence-corrected chi connectivity index (χ2v) is 9.05. The van der Waals surface area contributed by atoms with Crippen molar-refractivity contribution in [3.05, 3.63) is 120 Å². The lowest BCUT2D eigenvalue weighted by Crippen LogP contribution is -2.49. The maximum Gasteiger partial charge on any atom is 0.372 e. The Labute approximate surface area is 200 Å². The minimum absolute atomic E-state index is 0.0703. The molecule has 2 unspecified atom stereocenters. The summed E-state index contributed by atoms with van der Waals surface area (Å²) in [7, 11) is 0. The van der Waals surface area contributed by atoms with Crippen molar-refractivity contribution in [3.8, 4) is 22.6 Å². The maximum absolute atomic E-state index is 6.85. The number of ether oxygens (including phenoxy) is 3. The average molecular weight is 449 g/mol. The monoisotopic (exact) mass is 448 g/mol. The third kappa shape index (κ3) is 4.08. The molecule has 2 aliphatic rings. The van der Waals surface area contributed by atoms with Crippen molar-refractivity contribution in [2.75, 3.05) is 0 Å². The van der Waals surface area contributed by atoms with Crippen LogP contribution in [0.1, 0.15) is 42.1 Å². The number of para-hydroxylation sites is 2. The van der Waals surface area contributed by atoms with Crippen molar-refractivity contribution in [2.45, 2.75) is 44.2 Å². The van der Waals surface area contributed by atoms with Gasteiger partial charge in [0.1, 0.15) is 11.5 Å². The van der Waals surface area contributed by atoms with Gasteiger partial charge in [0.15, 0.2) is 0 Å². The van der Waals surface area contributed by atoms with Crippen LogP contribution in [0.2, 0.25) is 0 Å². The van der Waals surface area contributed by atoms with Crippen LogP contribution in [0.3, 0.4) is 0 Å². The van der Waals surface area contributed by atoms with Gasteiger partial charge < -0.3 is 9.47 Å². The van der Waals surface area contributed by atoms with E-state index in [0.29, 0.717) is 6.42 Å². The molecule has 3 heteroatoms. The minimum Gasteiger partial charge on any atom is -0.430 e. The summed E-state index contributed by atoms with van der Waals surface area (Å²) in [6.07, 6.45) is 4.51. The van der Waals surface area contributed by atoms with Crippen molar-refractivity contribution in [2.24, 2.45) is 0 Å². The second-order valence-electron chi connectivity index (χ2n) is 9.05. The van der Waals surface area contributed by atoms with Gasteiger partial charge in [-0.05, 0) is 60.1 Å². The number of rotatable bonds is 5. The number of hydrogen-bond acceptors (Lipinski definition) is 3. The highest BCUT2D eigenvalue weighted by Crippen LogP contribution is 2.43. The van der Waals surface area contributed by atoms with Crippen LogP contribution < -0.4 is 9.47 Å². The van der Waals surface area contributed by atoms with E-state index in [4.69, 9.17) is 14.2 Å². The summed E-state index contributed by atoms with van der Waals surface area (Å²) in [5, 5.41) is 0. The smallest absolute Gasteiger partial charge is 0.372 e. The topological polar surface area (TPSA) is 27.7 Å². The van der Waals surface area contributed by atoms with Crippen LogP contribution in [-0.2, 0) is 17.6 Å². The van der Waals surface area contributed by atoms with Gasteiger partial charge in [-0.3, -0.25) is 4.74 Å². The Morgan fingerprint density at radius 1 is 0.706 bits per heavy atom. The predicted molar refractivity (Wildman–Crippen MR) is 134 cm³/mol. The molecule has 4 aromatic carbocycles. The van der Waals surface area contributed by atoms with Crippen LogP contribution in [0.4, 0.5) is 0 Å². The Hall–Kier alpha value is -3.56. The summed E-state index contributed by atoms with van der Waals surface area (Å²) in [5.74, 6) is 0.390. The number of aryl methyl sites for hydroxylation is 2. The zero-order valence-electron chi connectivity index (χ0n) is 19.2. The van der Waals surface area contributed by atoms with Crippen LogP contribution in [0, 0.1) is 0 Å². The Kier molecular flexibility index (Phi) is 5.56. The quantitative estimate of drug-likeness (QED) is 0.296. The normalized spacial score (nSPS) is 21.1. The molecular formula is C31H28O3. The Morgan fingerprint density at radius 3 is 2.35 bits per heavy atom. The SMILES string of the molecule is c1ccc(-c2ccccc2OC2(OC3CCCc4ccccc43)CCc3ccccc3O2)cc1. The molecule has 0 aromatic heterocycles. The Morgan fingerprint density at radius 2 is 1.44 bits per heavy atom. The average Bonchev–Trinajstić information content (AvgIpc) is 2.90. The van der Waals surface area contributed by atoms with Gasteiger partial charge >= 0.3 is 5.97 Å². The summed E-state index contributed by atoms with van der Waals surface area (Å²) in [4.78, 5) is 0. The van der Waals surface area contributed by atoms with Crippen molar-refractivity contribution < 1.29 is 14.2 Å². The molecule has 1 aliphatic carbocycles. The number of hydrogen-bond donors (Lipinski definition) is 0. The molecule has 0 saturated carbocycles. The van der Waals surface area contributed by atoms with Gasteiger partial charge in [-0.1, -0.05) is 91.0 Å². The molecule has 2 atom stereocenters. The van der Waals surface area contributed by atoms with Gasteiger partial charge in [0.25, 0.3) is 0 Å². The molecule has 0 bridgehead atoms. The molecule has 170 valence electrons. The lowest BCUT2D eigenvalue weighted by Gasteiger charge is -2.41. The first-order valence-corrected chi connectivity index (χ1v) is 12.2. The molecule has 34 heavy (non-hydrogen) atoms. The van der Waals surface area contributed by atoms with E-state index in [1.165, 1.54) is 16.7 Å². The molecule has 1 aliphatic heterocycles. The van der Waals surface area contributed by atoms with E-state index in [9.17, 15) is 0 Å². The van der Waals surface area contributed by atoms with Crippen molar-refractivity contribution in [1.29, 1.82) is 0 Å². The molecule has 0 spiro atoms. The van der Waals surface area contributed by atoms with Crippen molar-refractivity contribution in [3.63, 3.8) is 0 Å². The largest absolute Gasteiger partial charge is 0.430 e. The first-order valence-electron chi connectivity index (χ1n) is 12.2. The summed E-state index contributed by atoms with van der Waals surface area (Å²) in [6.45, 7) is 0. The predicted octanol–water partition coefficient (Wildman–Crippen LogP) is 7.51. The molecule has 0 saturated heterocycles. The molecule has 0 fully saturated rings. The molecule has 0 amide bonds. The molecule has 4 aromatic rings. The maximum atomic E-state index is 6.85. The molecule has 3 nitrogen and oxygen atoms in total. The van der Waals surface area contributed by atoms with Crippen LogP contribution in [0.15, 0.2) is 103 Å². The van der Waals surface area contributed by atoms with E-state index < -0.39 is 5.97 Å². The van der Waals surface area contributed by atoms with Crippen LogP contribution >= 0.6 is 0 Å². The lowest BCUT2D eigenvalue weighted by atomic mass is 9.89. The van der Waals surface area contributed by atoms with Gasteiger partial charge in [0, 0.05) is 5.56 Å². The molecule has 0 N–H and O–H groups in total. The van der Waals surface area contributed by atoms with Gasteiger partial charge in [0.2, 0.25) is 0 Å². The zero-order valence-corrected chi connectivity index (χ0v) is 19.2. The van der Waals surface area contributed by atoms with Gasteiger partial charge in [-0.15, -0.1) is 0 Å². The highest BCUT2D eigenvalue weighted by atomic mass is 16.9. The molecule has 1 heterocycles. The van der Waals surface area contributed by atoms with E-state index in [1.807, 2.05) is 48.5 Å². The fourth-order valence-corrected chi connectivity index (χ4v) is 5.12. The summed E-state index contributed by atoms with van der Waals surface area (Å²) in [5.41, 5.74) is 5.92. The minimum atomic E-state index is -1.20. The van der Waals surface area contributed by atoms with E-state index in [1.54, 1.807) is 0 Å². The molecule has 6 rings (SSSR count). The number of fused-ring (bicyclic) bond motifs is 2. The molecule has 0 radical (unpaired) electrons. The summed E-state index contributed by atoms with van der Waals surface area (Å²) < 4.78 is 20.2. The first kappa shape index (κ1) is 21.0. The van der Waals surface area contributed by atoms with Crippen LogP contribution in [-0.4, -0.2) is 5.97 Å². The first-order chi connectivity index (χ1) is 16.8.